The van der Waals surface area contributed by atoms with Crippen molar-refractivity contribution < 1.29 is 17.7 Å². The summed E-state index contributed by atoms with van der Waals surface area (Å²) in [6, 6.07) is 19.2. The van der Waals surface area contributed by atoms with E-state index in [1.165, 1.54) is 6.42 Å². The molecule has 1 saturated heterocycles. The topological polar surface area (TPSA) is 64.6 Å². The van der Waals surface area contributed by atoms with Crippen LogP contribution in [0.15, 0.2) is 60.7 Å². The van der Waals surface area contributed by atoms with Crippen LogP contribution in [-0.4, -0.2) is 33.2 Å². The molecule has 3 aliphatic carbocycles. The van der Waals surface area contributed by atoms with Gasteiger partial charge < -0.3 is 9.31 Å². The average Bonchev–Trinajstić information content (AvgIpc) is 3.11. The third-order valence-corrected chi connectivity index (χ3v) is 9.50. The first-order valence-corrected chi connectivity index (χ1v) is 13.2. The average molecular weight is 453 g/mol. The lowest BCUT2D eigenvalue weighted by Crippen LogP contribution is -2.65. The number of nitrogens with one attached hydrogen (secondary N) is 1. The quantitative estimate of drug-likeness (QED) is 0.645. The highest BCUT2D eigenvalue weighted by Crippen LogP contribution is 2.65. The maximum atomic E-state index is 13.1. The van der Waals surface area contributed by atoms with E-state index in [-0.39, 0.29) is 22.9 Å². The Morgan fingerprint density at radius 2 is 1.62 bits per heavy atom. The lowest BCUT2D eigenvalue weighted by molar-refractivity contribution is -0.199. The van der Waals surface area contributed by atoms with E-state index in [0.29, 0.717) is 18.3 Å². The van der Waals surface area contributed by atoms with Gasteiger partial charge in [-0.2, -0.15) is 0 Å². The van der Waals surface area contributed by atoms with Gasteiger partial charge in [0.15, 0.2) is 0 Å². The number of hydrogen-bond acceptors (Lipinski definition) is 4. The van der Waals surface area contributed by atoms with Gasteiger partial charge in [-0.1, -0.05) is 74.5 Å². The third kappa shape index (κ3) is 3.94. The van der Waals surface area contributed by atoms with Gasteiger partial charge in [-0.05, 0) is 54.6 Å². The van der Waals surface area contributed by atoms with Gasteiger partial charge >= 0.3 is 7.12 Å². The van der Waals surface area contributed by atoms with Gasteiger partial charge in [0.25, 0.3) is 0 Å². The maximum absolute atomic E-state index is 13.1. The van der Waals surface area contributed by atoms with Crippen molar-refractivity contribution in [1.29, 1.82) is 0 Å². The summed E-state index contributed by atoms with van der Waals surface area (Å²) in [6.45, 7) is 6.82. The summed E-state index contributed by atoms with van der Waals surface area (Å²) in [6.07, 6.45) is 2.67. The van der Waals surface area contributed by atoms with Crippen LogP contribution >= 0.6 is 0 Å². The first kappa shape index (κ1) is 22.1. The number of sulfonamides is 1. The van der Waals surface area contributed by atoms with Gasteiger partial charge in [0, 0.05) is 0 Å². The summed E-state index contributed by atoms with van der Waals surface area (Å²) in [5.41, 5.74) is 1.68. The Hall–Kier alpha value is -1.67. The van der Waals surface area contributed by atoms with E-state index in [2.05, 4.69) is 25.5 Å². The molecule has 2 aromatic rings. The predicted octanol–water partition coefficient (Wildman–Crippen LogP) is 3.98. The van der Waals surface area contributed by atoms with Crippen molar-refractivity contribution in [1.82, 2.24) is 4.72 Å². The first-order chi connectivity index (χ1) is 15.2. The van der Waals surface area contributed by atoms with E-state index >= 15 is 0 Å². The van der Waals surface area contributed by atoms with Crippen LogP contribution in [0.2, 0.25) is 0 Å². The molecule has 6 rings (SSSR count). The number of benzene rings is 2. The van der Waals surface area contributed by atoms with Crippen LogP contribution in [0.1, 0.15) is 44.7 Å². The van der Waals surface area contributed by atoms with Gasteiger partial charge in [-0.3, -0.25) is 0 Å². The second kappa shape index (κ2) is 7.98. The van der Waals surface area contributed by atoms with Crippen molar-refractivity contribution in [2.45, 2.75) is 63.4 Å². The SMILES string of the molecule is CC1(C)[C@@H]2C[C@H]3OB([C@H](Cc4ccccc4)NS(=O)(=O)Cc4ccccc4)O[C@@]3(C)[C@H]1C2. The highest BCUT2D eigenvalue weighted by molar-refractivity contribution is 7.88. The van der Waals surface area contributed by atoms with Gasteiger partial charge in [0.1, 0.15) is 0 Å². The van der Waals surface area contributed by atoms with Crippen LogP contribution in [0, 0.1) is 17.3 Å². The van der Waals surface area contributed by atoms with E-state index in [0.717, 1.165) is 17.5 Å². The minimum atomic E-state index is -3.58. The fourth-order valence-corrected chi connectivity index (χ4v) is 7.57. The Kier molecular flexibility index (Phi) is 5.52. The van der Waals surface area contributed by atoms with E-state index in [4.69, 9.17) is 9.31 Å². The Labute approximate surface area is 192 Å². The summed E-state index contributed by atoms with van der Waals surface area (Å²) < 4.78 is 42.2. The molecule has 1 heterocycles. The van der Waals surface area contributed by atoms with Gasteiger partial charge in [-0.15, -0.1) is 0 Å². The second-order valence-electron chi connectivity index (χ2n) is 10.5. The minimum absolute atomic E-state index is 0.0150. The maximum Gasteiger partial charge on any atom is 0.477 e. The summed E-state index contributed by atoms with van der Waals surface area (Å²) in [5, 5.41) is 0. The van der Waals surface area contributed by atoms with Crippen LogP contribution in [0.5, 0.6) is 0 Å². The fourth-order valence-electron chi connectivity index (χ4n) is 6.20. The highest BCUT2D eigenvalue weighted by atomic mass is 32.2. The van der Waals surface area contributed by atoms with Crippen LogP contribution in [-0.2, 0) is 31.5 Å². The fraction of sp³-hybridized carbons (Fsp3) is 0.520. The number of hydrogen-bond donors (Lipinski definition) is 1. The molecule has 0 unspecified atom stereocenters. The van der Waals surface area contributed by atoms with Crippen LogP contribution < -0.4 is 4.72 Å². The summed E-state index contributed by atoms with van der Waals surface area (Å²) in [5.74, 6) is 0.524. The molecule has 0 aromatic heterocycles. The van der Waals surface area contributed by atoms with E-state index in [9.17, 15) is 8.42 Å². The lowest BCUT2D eigenvalue weighted by atomic mass is 9.43. The van der Waals surface area contributed by atoms with Crippen molar-refractivity contribution in [3.8, 4) is 0 Å². The Morgan fingerprint density at radius 3 is 2.25 bits per heavy atom. The summed E-state index contributed by atoms with van der Waals surface area (Å²) in [4.78, 5) is 0. The van der Waals surface area contributed by atoms with Crippen molar-refractivity contribution in [3.05, 3.63) is 71.8 Å². The van der Waals surface area contributed by atoms with Crippen molar-refractivity contribution >= 4 is 17.1 Å². The zero-order chi connectivity index (χ0) is 22.6. The largest absolute Gasteiger partial charge is 0.477 e. The monoisotopic (exact) mass is 453 g/mol. The molecule has 4 fully saturated rings. The van der Waals surface area contributed by atoms with Gasteiger partial charge in [0.05, 0.1) is 23.4 Å². The first-order valence-electron chi connectivity index (χ1n) is 11.6. The highest BCUT2D eigenvalue weighted by Gasteiger charge is 2.68. The lowest BCUT2D eigenvalue weighted by Gasteiger charge is -2.64. The Balaban J connectivity index is 1.38. The predicted molar refractivity (Wildman–Crippen MR) is 126 cm³/mol. The molecule has 3 saturated carbocycles. The summed E-state index contributed by atoms with van der Waals surface area (Å²) >= 11 is 0. The molecule has 5 nitrogen and oxygen atoms in total. The zero-order valence-corrected chi connectivity index (χ0v) is 19.8. The van der Waals surface area contributed by atoms with Crippen molar-refractivity contribution in [3.63, 3.8) is 0 Å². The molecule has 32 heavy (non-hydrogen) atoms. The summed E-state index contributed by atoms with van der Waals surface area (Å²) in [7, 11) is -4.19. The normalized spacial score (nSPS) is 31.6. The van der Waals surface area contributed by atoms with Gasteiger partial charge in [-0.25, -0.2) is 13.1 Å². The second-order valence-corrected chi connectivity index (χ2v) is 12.2. The van der Waals surface area contributed by atoms with E-state index < -0.39 is 23.1 Å². The molecule has 1 aliphatic heterocycles. The van der Waals surface area contributed by atoms with E-state index in [1.54, 1.807) is 0 Å². The third-order valence-electron chi connectivity index (χ3n) is 8.13. The smallest absolute Gasteiger partial charge is 0.404 e. The molecule has 5 atom stereocenters. The molecule has 4 aliphatic rings. The molecule has 0 amide bonds. The molecular formula is C25H32BNO4S. The molecule has 2 aromatic carbocycles. The molecule has 0 spiro atoms. The van der Waals surface area contributed by atoms with Crippen LogP contribution in [0.3, 0.4) is 0 Å². The molecule has 170 valence electrons. The number of rotatable bonds is 7. The molecule has 1 N–H and O–H groups in total. The Bertz CT molecular complexity index is 1060. The molecule has 2 bridgehead atoms. The van der Waals surface area contributed by atoms with Crippen molar-refractivity contribution in [2.24, 2.45) is 17.3 Å². The van der Waals surface area contributed by atoms with Crippen LogP contribution in [0.4, 0.5) is 0 Å². The van der Waals surface area contributed by atoms with E-state index in [1.807, 2.05) is 60.7 Å². The molecule has 0 radical (unpaired) electrons. The molecule has 7 heteroatoms. The van der Waals surface area contributed by atoms with Crippen molar-refractivity contribution in [2.75, 3.05) is 0 Å². The Morgan fingerprint density at radius 1 is 1.00 bits per heavy atom. The zero-order valence-electron chi connectivity index (χ0n) is 19.0. The standard InChI is InChI=1S/C25H32BNO4S/c1-24(2)20-15-21(24)25(3)22(16-20)30-26(31-25)23(14-18-10-6-4-7-11-18)27-32(28,29)17-19-12-8-5-9-13-19/h4-13,20-23,27H,14-17H2,1-3H3/t20-,21-,22+,23-,25-/m0/s1. The van der Waals surface area contributed by atoms with Crippen LogP contribution in [0.25, 0.3) is 0 Å². The van der Waals surface area contributed by atoms with Gasteiger partial charge in [0.2, 0.25) is 10.0 Å². The minimum Gasteiger partial charge on any atom is -0.404 e. The molecular weight excluding hydrogens is 421 g/mol.